The van der Waals surface area contributed by atoms with Gasteiger partial charge in [-0.1, -0.05) is 17.7 Å². The van der Waals surface area contributed by atoms with Crippen LogP contribution in [0.4, 0.5) is 4.79 Å². The van der Waals surface area contributed by atoms with Crippen molar-refractivity contribution in [1.29, 1.82) is 0 Å². The van der Waals surface area contributed by atoms with Crippen LogP contribution in [0.2, 0.25) is 0 Å². The summed E-state index contributed by atoms with van der Waals surface area (Å²) in [7, 11) is 1.30. The Balaban J connectivity index is 2.91. The highest BCUT2D eigenvalue weighted by Crippen LogP contribution is 2.27. The van der Waals surface area contributed by atoms with Gasteiger partial charge in [-0.15, -0.1) is 0 Å². The van der Waals surface area contributed by atoms with Crippen molar-refractivity contribution in [2.24, 2.45) is 4.99 Å². The van der Waals surface area contributed by atoms with Gasteiger partial charge in [0.15, 0.2) is 0 Å². The van der Waals surface area contributed by atoms with Gasteiger partial charge in [-0.3, -0.25) is 10.0 Å². The number of hydrogen-bond acceptors (Lipinski definition) is 4. The van der Waals surface area contributed by atoms with E-state index in [-0.39, 0.29) is 18.8 Å². The first kappa shape index (κ1) is 14.4. The Bertz CT molecular complexity index is 466. The Hall–Kier alpha value is -1.66. The Morgan fingerprint density at radius 3 is 2.83 bits per heavy atom. The molecule has 0 aromatic rings. The molecule has 0 bridgehead atoms. The zero-order valence-corrected chi connectivity index (χ0v) is 10.7. The molecule has 2 N–H and O–H groups in total. The molecule has 7 heteroatoms. The van der Waals surface area contributed by atoms with Crippen LogP contribution in [0.3, 0.4) is 0 Å². The fraction of sp³-hybridized carbons (Fsp3) is 0.364. The Kier molecular flexibility index (Phi) is 5.06. The van der Waals surface area contributed by atoms with Crippen molar-refractivity contribution < 1.29 is 19.5 Å². The number of amides is 2. The average Bonchev–Trinajstić information content (AvgIpc) is 2.34. The van der Waals surface area contributed by atoms with Crippen molar-refractivity contribution in [3.63, 3.8) is 0 Å². The summed E-state index contributed by atoms with van der Waals surface area (Å²) in [5.41, 5.74) is 3.21. The molecule has 1 rings (SSSR count). The molecule has 1 aliphatic carbocycles. The Morgan fingerprint density at radius 2 is 2.28 bits per heavy atom. The maximum atomic E-state index is 11.2. The van der Waals surface area contributed by atoms with Gasteiger partial charge in [-0.2, -0.15) is 4.99 Å². The molecule has 18 heavy (non-hydrogen) atoms. The number of nitrogens with one attached hydrogen (secondary N) is 1. The zero-order valence-electron chi connectivity index (χ0n) is 9.99. The largest absolute Gasteiger partial charge is 0.469 e. The molecule has 98 valence electrons. The third-order valence-electron chi connectivity index (χ3n) is 2.41. The second-order valence-corrected chi connectivity index (χ2v) is 4.12. The van der Waals surface area contributed by atoms with Crippen molar-refractivity contribution >= 4 is 29.3 Å². The monoisotopic (exact) mass is 272 g/mol. The molecule has 1 aliphatic rings. The second-order valence-electron chi connectivity index (χ2n) is 3.66. The molecule has 2 amide bonds. The first-order valence-corrected chi connectivity index (χ1v) is 5.50. The number of hydrogen-bond donors (Lipinski definition) is 2. The highest BCUT2D eigenvalue weighted by atomic mass is 35.5. The molecular formula is C11H13ClN2O4. The highest BCUT2D eigenvalue weighted by molar-refractivity contribution is 6.33. The van der Waals surface area contributed by atoms with Crippen molar-refractivity contribution in [3.05, 3.63) is 22.3 Å². The molecule has 0 saturated heterocycles. The number of urea groups is 1. The van der Waals surface area contributed by atoms with Crippen LogP contribution in [0.15, 0.2) is 27.2 Å². The number of rotatable bonds is 2. The number of carbonyl (C=O) groups is 2. The summed E-state index contributed by atoms with van der Waals surface area (Å²) in [6.07, 6.45) is 1.99. The first-order valence-electron chi connectivity index (χ1n) is 5.12. The predicted octanol–water partition coefficient (Wildman–Crippen LogP) is 1.93. The molecule has 0 fully saturated rings. The second kappa shape index (κ2) is 6.32. The van der Waals surface area contributed by atoms with Gasteiger partial charge in [0, 0.05) is 11.5 Å². The van der Waals surface area contributed by atoms with Crippen LogP contribution in [0, 0.1) is 0 Å². The summed E-state index contributed by atoms with van der Waals surface area (Å²) in [6.45, 7) is 1.74. The summed E-state index contributed by atoms with van der Waals surface area (Å²) >= 11 is 6.02. The fourth-order valence-electron chi connectivity index (χ4n) is 1.47. The Labute approximate surface area is 109 Å². The van der Waals surface area contributed by atoms with Crippen LogP contribution in [0.1, 0.15) is 19.8 Å². The average molecular weight is 273 g/mol. The molecule has 0 atom stereocenters. The molecule has 0 spiro atoms. The minimum Gasteiger partial charge on any atom is -0.469 e. The molecule has 0 radical (unpaired) electrons. The molecule has 0 aromatic heterocycles. The number of nitrogens with zero attached hydrogens (tertiary/aromatic N) is 1. The lowest BCUT2D eigenvalue weighted by Crippen LogP contribution is -2.18. The van der Waals surface area contributed by atoms with E-state index in [1.165, 1.54) is 12.6 Å². The number of carbonyl (C=O) groups excluding carboxylic acids is 2. The molecule has 6 nitrogen and oxygen atoms in total. The molecule has 0 heterocycles. The summed E-state index contributed by atoms with van der Waals surface area (Å²) < 4.78 is 4.56. The smallest absolute Gasteiger partial charge is 0.364 e. The highest BCUT2D eigenvalue weighted by Gasteiger charge is 2.18. The predicted molar refractivity (Wildman–Crippen MR) is 65.6 cm³/mol. The lowest BCUT2D eigenvalue weighted by molar-refractivity contribution is -0.139. The van der Waals surface area contributed by atoms with Crippen LogP contribution in [-0.2, 0) is 9.53 Å². The number of allylic oxidation sites excluding steroid dienone is 3. The maximum Gasteiger partial charge on any atom is 0.364 e. The van der Waals surface area contributed by atoms with E-state index >= 15 is 0 Å². The number of esters is 1. The normalized spacial score (nSPS) is 17.6. The molecule has 0 aromatic carbocycles. The Morgan fingerprint density at radius 1 is 1.61 bits per heavy atom. The third kappa shape index (κ3) is 3.68. The SMILES string of the molecule is COC(=O)CC1=C(Cl)CC(=NC(=O)NO)C(C)=C1. The van der Waals surface area contributed by atoms with Gasteiger partial charge in [0.25, 0.3) is 0 Å². The van der Waals surface area contributed by atoms with Crippen molar-refractivity contribution in [3.8, 4) is 0 Å². The summed E-state index contributed by atoms with van der Waals surface area (Å²) in [6, 6.07) is -0.862. The van der Waals surface area contributed by atoms with Crippen molar-refractivity contribution in [2.45, 2.75) is 19.8 Å². The van der Waals surface area contributed by atoms with Crippen molar-refractivity contribution in [2.75, 3.05) is 7.11 Å². The van der Waals surface area contributed by atoms with E-state index in [2.05, 4.69) is 9.73 Å². The minimum atomic E-state index is -0.862. The number of ether oxygens (including phenoxy) is 1. The van der Waals surface area contributed by atoms with Crippen LogP contribution in [0.5, 0.6) is 0 Å². The lowest BCUT2D eigenvalue weighted by atomic mass is 9.96. The number of methoxy groups -OCH3 is 1. The summed E-state index contributed by atoms with van der Waals surface area (Å²) in [5.74, 6) is -0.388. The van der Waals surface area contributed by atoms with E-state index in [9.17, 15) is 9.59 Å². The van der Waals surface area contributed by atoms with Gasteiger partial charge >= 0.3 is 12.0 Å². The lowest BCUT2D eigenvalue weighted by Gasteiger charge is -2.15. The first-order chi connectivity index (χ1) is 8.47. The number of halogens is 1. The molecular weight excluding hydrogens is 260 g/mol. The van der Waals surface area contributed by atoms with Crippen LogP contribution in [0.25, 0.3) is 0 Å². The molecule has 0 saturated carbocycles. The number of aliphatic imine (C=N–C) groups is 1. The molecule has 0 unspecified atom stereocenters. The van der Waals surface area contributed by atoms with Gasteiger partial charge in [-0.25, -0.2) is 10.3 Å². The van der Waals surface area contributed by atoms with E-state index in [1.807, 2.05) is 0 Å². The summed E-state index contributed by atoms with van der Waals surface area (Å²) in [5, 5.41) is 8.81. The van der Waals surface area contributed by atoms with E-state index < -0.39 is 6.03 Å². The zero-order chi connectivity index (χ0) is 13.7. The van der Waals surface area contributed by atoms with Crippen molar-refractivity contribution in [1.82, 2.24) is 5.48 Å². The van der Waals surface area contributed by atoms with Crippen LogP contribution >= 0.6 is 11.6 Å². The maximum absolute atomic E-state index is 11.2. The van der Waals surface area contributed by atoms with Crippen LogP contribution < -0.4 is 5.48 Å². The molecule has 0 aliphatic heterocycles. The topological polar surface area (TPSA) is 88.0 Å². The van der Waals surface area contributed by atoms with E-state index in [0.29, 0.717) is 21.9 Å². The van der Waals surface area contributed by atoms with Gasteiger partial charge in [-0.05, 0) is 18.1 Å². The van der Waals surface area contributed by atoms with Gasteiger partial charge in [0.1, 0.15) is 0 Å². The number of hydroxylamine groups is 1. The standard InChI is InChI=1S/C11H13ClN2O4/c1-6-3-7(4-10(15)18-2)8(12)5-9(6)13-11(16)14-17/h3,17H,4-5H2,1-2H3,(H,14,16). The van der Waals surface area contributed by atoms with E-state index in [0.717, 1.165) is 0 Å². The quantitative estimate of drug-likeness (QED) is 0.457. The van der Waals surface area contributed by atoms with Gasteiger partial charge in [0.05, 0.1) is 19.2 Å². The third-order valence-corrected chi connectivity index (χ3v) is 2.79. The van der Waals surface area contributed by atoms with Gasteiger partial charge in [0.2, 0.25) is 0 Å². The fourth-order valence-corrected chi connectivity index (χ4v) is 1.72. The minimum absolute atomic E-state index is 0.0755. The summed E-state index contributed by atoms with van der Waals surface area (Å²) in [4.78, 5) is 25.7. The van der Waals surface area contributed by atoms with Crippen LogP contribution in [-0.4, -0.2) is 30.0 Å². The van der Waals surface area contributed by atoms with E-state index in [4.69, 9.17) is 16.8 Å². The van der Waals surface area contributed by atoms with E-state index in [1.54, 1.807) is 13.0 Å². The van der Waals surface area contributed by atoms with Gasteiger partial charge < -0.3 is 4.74 Å².